The van der Waals surface area contributed by atoms with Gasteiger partial charge in [-0.3, -0.25) is 0 Å². The molecule has 6 rings (SSSR count). The Morgan fingerprint density at radius 2 is 1.51 bits per heavy atom. The molecule has 0 aliphatic heterocycles. The largest absolute Gasteiger partial charge is 0.321 e. The highest BCUT2D eigenvalue weighted by Gasteiger charge is 2.34. The fraction of sp³-hybridized carbons (Fsp3) is 0.207. The van der Waals surface area contributed by atoms with Crippen LogP contribution in [0.4, 0.5) is 0 Å². The van der Waals surface area contributed by atoms with Crippen LogP contribution in [0.5, 0.6) is 0 Å². The number of nitrogens with two attached hydrogens (primary N) is 2. The highest BCUT2D eigenvalue weighted by Crippen LogP contribution is 2.39. The van der Waals surface area contributed by atoms with Crippen molar-refractivity contribution < 1.29 is 0 Å². The van der Waals surface area contributed by atoms with Gasteiger partial charge in [0.15, 0.2) is 5.82 Å². The van der Waals surface area contributed by atoms with Gasteiger partial charge in [0.25, 0.3) is 5.78 Å². The zero-order chi connectivity index (χ0) is 23.8. The fourth-order valence-electron chi connectivity index (χ4n) is 4.81. The van der Waals surface area contributed by atoms with Crippen LogP contribution >= 0.6 is 0 Å². The standard InChI is InChI=1S/C29H28N6/c30-25(18-20-8-3-1-4-9-20)27-33-28-32-26(22-12-14-23(15-13-22)29(31)16-7-17-29)24(19-35(28)34-27)21-10-5-2-6-11-21/h1-6,8-15,19,25H,7,16-18,30-31H2. The smallest absolute Gasteiger partial charge is 0.253 e. The first kappa shape index (κ1) is 21.6. The maximum atomic E-state index is 6.55. The first-order chi connectivity index (χ1) is 17.1. The normalized spacial score (nSPS) is 15.6. The molecule has 6 nitrogen and oxygen atoms in total. The third-order valence-electron chi connectivity index (χ3n) is 7.04. The van der Waals surface area contributed by atoms with Gasteiger partial charge in [-0.2, -0.15) is 4.98 Å². The minimum absolute atomic E-state index is 0.186. The summed E-state index contributed by atoms with van der Waals surface area (Å²) < 4.78 is 1.74. The van der Waals surface area contributed by atoms with Gasteiger partial charge >= 0.3 is 0 Å². The summed E-state index contributed by atoms with van der Waals surface area (Å²) in [6.45, 7) is 0. The van der Waals surface area contributed by atoms with Crippen LogP contribution in [0, 0.1) is 0 Å². The van der Waals surface area contributed by atoms with E-state index in [1.807, 2.05) is 42.6 Å². The van der Waals surface area contributed by atoms with Crippen LogP contribution in [0.3, 0.4) is 0 Å². The molecule has 1 fully saturated rings. The van der Waals surface area contributed by atoms with Gasteiger partial charge in [0, 0.05) is 22.9 Å². The van der Waals surface area contributed by atoms with E-state index in [1.165, 1.54) is 12.0 Å². The van der Waals surface area contributed by atoms with Gasteiger partial charge in [-0.05, 0) is 42.4 Å². The molecule has 0 amide bonds. The van der Waals surface area contributed by atoms with Gasteiger partial charge in [0.1, 0.15) is 0 Å². The van der Waals surface area contributed by atoms with Gasteiger partial charge in [-0.1, -0.05) is 84.9 Å². The number of nitrogens with zero attached hydrogens (tertiary/aromatic N) is 4. The average Bonchev–Trinajstić information content (AvgIpc) is 3.31. The number of fused-ring (bicyclic) bond motifs is 1. The number of hydrogen-bond donors (Lipinski definition) is 2. The molecule has 174 valence electrons. The Morgan fingerprint density at radius 1 is 0.829 bits per heavy atom. The number of rotatable bonds is 6. The molecule has 0 bridgehead atoms. The lowest BCUT2D eigenvalue weighted by molar-refractivity contribution is 0.253. The van der Waals surface area contributed by atoms with Crippen LogP contribution in [0.2, 0.25) is 0 Å². The Balaban J connectivity index is 1.41. The highest BCUT2D eigenvalue weighted by molar-refractivity contribution is 5.81. The number of hydrogen-bond acceptors (Lipinski definition) is 5. The summed E-state index contributed by atoms with van der Waals surface area (Å²) in [5, 5.41) is 4.70. The lowest BCUT2D eigenvalue weighted by atomic mass is 9.72. The Labute approximate surface area is 204 Å². The van der Waals surface area contributed by atoms with Crippen molar-refractivity contribution in [2.45, 2.75) is 37.3 Å². The van der Waals surface area contributed by atoms with E-state index >= 15 is 0 Å². The molecule has 1 aliphatic carbocycles. The van der Waals surface area contributed by atoms with E-state index in [4.69, 9.17) is 26.5 Å². The summed E-state index contributed by atoms with van der Waals surface area (Å²) in [6, 6.07) is 28.6. The molecule has 4 N–H and O–H groups in total. The lowest BCUT2D eigenvalue weighted by Gasteiger charge is -2.38. The van der Waals surface area contributed by atoms with Crippen LogP contribution in [-0.2, 0) is 12.0 Å². The molecule has 0 saturated heterocycles. The molecule has 2 heterocycles. The van der Waals surface area contributed by atoms with Crippen molar-refractivity contribution in [1.29, 1.82) is 0 Å². The zero-order valence-corrected chi connectivity index (χ0v) is 19.5. The number of aromatic nitrogens is 4. The summed E-state index contributed by atoms with van der Waals surface area (Å²) in [5.41, 5.74) is 19.1. The summed E-state index contributed by atoms with van der Waals surface area (Å²) in [4.78, 5) is 9.67. The van der Waals surface area contributed by atoms with Crippen LogP contribution in [0.1, 0.15) is 42.3 Å². The monoisotopic (exact) mass is 460 g/mol. The predicted molar refractivity (Wildman–Crippen MR) is 138 cm³/mol. The van der Waals surface area contributed by atoms with Crippen molar-refractivity contribution in [3.8, 4) is 22.4 Å². The Morgan fingerprint density at radius 3 is 2.17 bits per heavy atom. The molecule has 1 atom stereocenters. The Hall–Kier alpha value is -3.87. The average molecular weight is 461 g/mol. The van der Waals surface area contributed by atoms with E-state index in [0.29, 0.717) is 18.0 Å². The Kier molecular flexibility index (Phi) is 5.40. The van der Waals surface area contributed by atoms with Crippen molar-refractivity contribution in [2.24, 2.45) is 11.5 Å². The molecular formula is C29H28N6. The van der Waals surface area contributed by atoms with Crippen molar-refractivity contribution >= 4 is 5.78 Å². The van der Waals surface area contributed by atoms with E-state index in [1.54, 1.807) is 4.52 Å². The second-order valence-corrected chi connectivity index (χ2v) is 9.47. The molecular weight excluding hydrogens is 432 g/mol. The van der Waals surface area contributed by atoms with Gasteiger partial charge in [-0.25, -0.2) is 9.50 Å². The minimum Gasteiger partial charge on any atom is -0.321 e. The third kappa shape index (κ3) is 4.11. The maximum Gasteiger partial charge on any atom is 0.253 e. The van der Waals surface area contributed by atoms with Gasteiger partial charge in [-0.15, -0.1) is 5.10 Å². The molecule has 1 unspecified atom stereocenters. The molecule has 1 saturated carbocycles. The third-order valence-corrected chi connectivity index (χ3v) is 7.04. The van der Waals surface area contributed by atoms with E-state index < -0.39 is 0 Å². The first-order valence-corrected chi connectivity index (χ1v) is 12.1. The molecule has 3 aromatic carbocycles. The molecule has 0 spiro atoms. The SMILES string of the molecule is NC(Cc1ccccc1)c1nc2nc(-c3ccc(C4(N)CCC4)cc3)c(-c3ccccc3)cn2n1. The quantitative estimate of drug-likeness (QED) is 0.370. The Bertz CT molecular complexity index is 1450. The summed E-state index contributed by atoms with van der Waals surface area (Å²) in [6.07, 6.45) is 5.94. The first-order valence-electron chi connectivity index (χ1n) is 12.1. The van der Waals surface area contributed by atoms with Crippen LogP contribution in [-0.4, -0.2) is 19.6 Å². The molecule has 35 heavy (non-hydrogen) atoms. The van der Waals surface area contributed by atoms with Crippen LogP contribution < -0.4 is 11.5 Å². The van der Waals surface area contributed by atoms with Crippen molar-refractivity contribution in [2.75, 3.05) is 0 Å². The van der Waals surface area contributed by atoms with E-state index in [2.05, 4.69) is 48.5 Å². The topological polar surface area (TPSA) is 95.1 Å². The summed E-state index contributed by atoms with van der Waals surface area (Å²) >= 11 is 0. The van der Waals surface area contributed by atoms with Crippen molar-refractivity contribution in [3.63, 3.8) is 0 Å². The number of benzene rings is 3. The predicted octanol–water partition coefficient (Wildman–Crippen LogP) is 5.04. The van der Waals surface area contributed by atoms with Gasteiger partial charge in [0.2, 0.25) is 0 Å². The second kappa shape index (κ2) is 8.73. The molecule has 2 aromatic heterocycles. The fourth-order valence-corrected chi connectivity index (χ4v) is 4.81. The van der Waals surface area contributed by atoms with Crippen LogP contribution in [0.25, 0.3) is 28.2 Å². The summed E-state index contributed by atoms with van der Waals surface area (Å²) in [7, 11) is 0. The molecule has 1 aliphatic rings. The maximum absolute atomic E-state index is 6.55. The minimum atomic E-state index is -0.315. The summed E-state index contributed by atoms with van der Waals surface area (Å²) in [5.74, 6) is 1.12. The lowest BCUT2D eigenvalue weighted by Crippen LogP contribution is -2.43. The van der Waals surface area contributed by atoms with Crippen molar-refractivity contribution in [3.05, 3.63) is 108 Å². The van der Waals surface area contributed by atoms with E-state index in [9.17, 15) is 0 Å². The molecule has 0 radical (unpaired) electrons. The molecule has 5 aromatic rings. The highest BCUT2D eigenvalue weighted by atomic mass is 15.3. The second-order valence-electron chi connectivity index (χ2n) is 9.47. The van der Waals surface area contributed by atoms with Gasteiger partial charge < -0.3 is 11.5 Å². The van der Waals surface area contributed by atoms with Crippen LogP contribution in [0.15, 0.2) is 91.1 Å². The van der Waals surface area contributed by atoms with E-state index in [0.717, 1.165) is 40.8 Å². The van der Waals surface area contributed by atoms with E-state index in [-0.39, 0.29) is 11.6 Å². The van der Waals surface area contributed by atoms with Gasteiger partial charge in [0.05, 0.1) is 11.7 Å². The van der Waals surface area contributed by atoms with Crippen molar-refractivity contribution in [1.82, 2.24) is 19.6 Å². The zero-order valence-electron chi connectivity index (χ0n) is 19.5. The molecule has 6 heteroatoms.